The molecule has 1 fully saturated rings. The summed E-state index contributed by atoms with van der Waals surface area (Å²) in [6.45, 7) is 5.28. The smallest absolute Gasteiger partial charge is 0.137 e. The monoisotopic (exact) mass is 399 g/mol. The molecule has 0 spiro atoms. The van der Waals surface area contributed by atoms with Gasteiger partial charge in [0.2, 0.25) is 0 Å². The van der Waals surface area contributed by atoms with Crippen LogP contribution in [0.15, 0.2) is 71.7 Å². The highest BCUT2D eigenvalue weighted by Crippen LogP contribution is 2.36. The summed E-state index contributed by atoms with van der Waals surface area (Å²) in [5, 5.41) is 2.60. The lowest BCUT2D eigenvalue weighted by atomic mass is 10.0. The molecule has 0 amide bonds. The van der Waals surface area contributed by atoms with Crippen LogP contribution in [0.3, 0.4) is 0 Å². The fraction of sp³-hybridized carbons (Fsp3) is 0.227. The van der Waals surface area contributed by atoms with E-state index in [1.165, 1.54) is 21.9 Å². The lowest BCUT2D eigenvalue weighted by molar-refractivity contribution is 0.176. The van der Waals surface area contributed by atoms with Crippen molar-refractivity contribution in [3.63, 3.8) is 0 Å². The molecule has 0 bridgehead atoms. The van der Waals surface area contributed by atoms with Gasteiger partial charge in [0.15, 0.2) is 0 Å². The minimum absolute atomic E-state index is 0. The van der Waals surface area contributed by atoms with Gasteiger partial charge < -0.3 is 4.90 Å². The summed E-state index contributed by atoms with van der Waals surface area (Å²) < 4.78 is 0. The molecule has 0 atom stereocenters. The third kappa shape index (κ3) is 3.68. The number of nitrogens with zero attached hydrogens (tertiary/aromatic N) is 3. The molecule has 5 heteroatoms. The van der Waals surface area contributed by atoms with Crippen molar-refractivity contribution >= 4 is 47.1 Å². The molecule has 3 aromatic carbocycles. The molecule has 0 radical (unpaired) electrons. The van der Waals surface area contributed by atoms with E-state index in [9.17, 15) is 0 Å². The predicted molar refractivity (Wildman–Crippen MR) is 118 cm³/mol. The third-order valence-electron chi connectivity index (χ3n) is 5.27. The van der Waals surface area contributed by atoms with Gasteiger partial charge in [-0.3, -0.25) is 4.90 Å². The first-order chi connectivity index (χ1) is 12.4. The molecule has 2 heterocycles. The quantitative estimate of drug-likeness (QED) is 0.610. The fourth-order valence-corrected chi connectivity index (χ4v) is 3.98. The number of aliphatic imine (C=N–C) groups is 1. The van der Waals surface area contributed by atoms with Crippen LogP contribution in [0, 0.1) is 0 Å². The molecule has 0 saturated carbocycles. The van der Waals surface area contributed by atoms with Crippen LogP contribution in [0.2, 0.25) is 0 Å². The summed E-state index contributed by atoms with van der Waals surface area (Å²) in [5.41, 5.74) is 3.81. The van der Waals surface area contributed by atoms with Gasteiger partial charge in [0.1, 0.15) is 5.84 Å². The Bertz CT molecular complexity index is 943. The molecular formula is C22H23Cl2N3. The number of benzene rings is 3. The van der Waals surface area contributed by atoms with Gasteiger partial charge in [-0.15, -0.1) is 24.8 Å². The average Bonchev–Trinajstić information content (AvgIpc) is 3.04. The second-order valence-electron chi connectivity index (χ2n) is 6.87. The highest BCUT2D eigenvalue weighted by Gasteiger charge is 2.26. The van der Waals surface area contributed by atoms with Crippen molar-refractivity contribution in [1.82, 2.24) is 9.80 Å². The van der Waals surface area contributed by atoms with E-state index < -0.39 is 0 Å². The van der Waals surface area contributed by atoms with Crippen molar-refractivity contribution in [2.24, 2.45) is 4.99 Å². The molecular weight excluding hydrogens is 377 g/mol. The third-order valence-corrected chi connectivity index (χ3v) is 5.27. The van der Waals surface area contributed by atoms with Gasteiger partial charge in [0, 0.05) is 43.7 Å². The van der Waals surface area contributed by atoms with E-state index in [2.05, 4.69) is 76.5 Å². The Morgan fingerprint density at radius 2 is 1.44 bits per heavy atom. The largest absolute Gasteiger partial charge is 0.354 e. The Morgan fingerprint density at radius 1 is 0.741 bits per heavy atom. The predicted octanol–water partition coefficient (Wildman–Crippen LogP) is 4.89. The van der Waals surface area contributed by atoms with Gasteiger partial charge in [0.05, 0.1) is 5.69 Å². The van der Waals surface area contributed by atoms with Crippen molar-refractivity contribution in [2.45, 2.75) is 6.54 Å². The highest BCUT2D eigenvalue weighted by molar-refractivity contribution is 6.18. The molecule has 0 N–H and O–H groups in total. The Labute approximate surface area is 172 Å². The molecule has 0 aromatic heterocycles. The molecule has 3 nitrogen and oxygen atoms in total. The Hall–Kier alpha value is -2.07. The number of halogens is 2. The standard InChI is InChI=1S/C22H21N3.2ClH/c1-2-6-17(7-3-1)16-24-12-14-25(15-13-24)22-19-10-4-8-18-9-5-11-20(23-22)21(18)19;;/h1-11H,12-16H2;2*1H. The Kier molecular flexibility index (Phi) is 6.05. The van der Waals surface area contributed by atoms with E-state index in [-0.39, 0.29) is 24.8 Å². The minimum atomic E-state index is 0. The molecule has 0 unspecified atom stereocenters. The highest BCUT2D eigenvalue weighted by atomic mass is 35.5. The van der Waals surface area contributed by atoms with Crippen molar-refractivity contribution in [3.8, 4) is 0 Å². The summed E-state index contributed by atoms with van der Waals surface area (Å²) in [5.74, 6) is 1.16. The van der Waals surface area contributed by atoms with Gasteiger partial charge in [0.25, 0.3) is 0 Å². The molecule has 2 aliphatic heterocycles. The molecule has 140 valence electrons. The summed E-state index contributed by atoms with van der Waals surface area (Å²) in [6, 6.07) is 23.7. The lowest BCUT2D eigenvalue weighted by Gasteiger charge is -2.36. The molecule has 3 aromatic rings. The molecule has 2 aliphatic rings. The molecule has 27 heavy (non-hydrogen) atoms. The first kappa shape index (κ1) is 19.7. The van der Waals surface area contributed by atoms with Crippen molar-refractivity contribution in [2.75, 3.05) is 26.2 Å². The summed E-state index contributed by atoms with van der Waals surface area (Å²) >= 11 is 0. The van der Waals surface area contributed by atoms with Crippen LogP contribution in [0.1, 0.15) is 11.1 Å². The summed E-state index contributed by atoms with van der Waals surface area (Å²) in [4.78, 5) is 9.94. The van der Waals surface area contributed by atoms with E-state index in [0.717, 1.165) is 44.2 Å². The maximum Gasteiger partial charge on any atom is 0.137 e. The second kappa shape index (κ2) is 8.30. The second-order valence-corrected chi connectivity index (χ2v) is 6.87. The zero-order valence-corrected chi connectivity index (χ0v) is 16.7. The van der Waals surface area contributed by atoms with E-state index in [1.54, 1.807) is 0 Å². The van der Waals surface area contributed by atoms with Crippen LogP contribution in [-0.2, 0) is 6.54 Å². The Morgan fingerprint density at radius 3 is 2.19 bits per heavy atom. The minimum Gasteiger partial charge on any atom is -0.354 e. The van der Waals surface area contributed by atoms with Gasteiger partial charge in [-0.25, -0.2) is 4.99 Å². The summed E-state index contributed by atoms with van der Waals surface area (Å²) in [7, 11) is 0. The van der Waals surface area contributed by atoms with E-state index in [1.807, 2.05) is 0 Å². The van der Waals surface area contributed by atoms with Gasteiger partial charge >= 0.3 is 0 Å². The van der Waals surface area contributed by atoms with E-state index in [0.29, 0.717) is 0 Å². The first-order valence-electron chi connectivity index (χ1n) is 9.00. The normalized spacial score (nSPS) is 15.9. The number of hydrogen-bond donors (Lipinski definition) is 0. The topological polar surface area (TPSA) is 18.8 Å². The van der Waals surface area contributed by atoms with Gasteiger partial charge in [-0.05, 0) is 17.0 Å². The molecule has 1 saturated heterocycles. The van der Waals surface area contributed by atoms with Crippen molar-refractivity contribution in [3.05, 3.63) is 77.9 Å². The molecule has 5 rings (SSSR count). The van der Waals surface area contributed by atoms with Gasteiger partial charge in [-0.2, -0.15) is 0 Å². The zero-order valence-electron chi connectivity index (χ0n) is 15.0. The number of amidine groups is 1. The number of hydrogen-bond acceptors (Lipinski definition) is 3. The molecule has 0 aliphatic carbocycles. The van der Waals surface area contributed by atoms with Crippen LogP contribution in [0.25, 0.3) is 10.8 Å². The maximum atomic E-state index is 4.95. The van der Waals surface area contributed by atoms with Crippen molar-refractivity contribution < 1.29 is 0 Å². The summed E-state index contributed by atoms with van der Waals surface area (Å²) in [6.07, 6.45) is 0. The van der Waals surface area contributed by atoms with Crippen LogP contribution >= 0.6 is 24.8 Å². The number of rotatable bonds is 2. The number of piperazine rings is 1. The van der Waals surface area contributed by atoms with Crippen LogP contribution in [0.4, 0.5) is 5.69 Å². The van der Waals surface area contributed by atoms with Crippen LogP contribution in [-0.4, -0.2) is 41.8 Å². The Balaban J connectivity index is 0.00000105. The first-order valence-corrected chi connectivity index (χ1v) is 9.00. The zero-order chi connectivity index (χ0) is 16.6. The van der Waals surface area contributed by atoms with E-state index >= 15 is 0 Å². The van der Waals surface area contributed by atoms with Crippen LogP contribution in [0.5, 0.6) is 0 Å². The maximum absolute atomic E-state index is 4.95. The van der Waals surface area contributed by atoms with Crippen LogP contribution < -0.4 is 0 Å². The van der Waals surface area contributed by atoms with Gasteiger partial charge in [-0.1, -0.05) is 60.7 Å². The SMILES string of the molecule is Cl.Cl.c1ccc(CN2CCN(C3=Nc4cccc5cccc3c45)CC2)cc1. The van der Waals surface area contributed by atoms with E-state index in [4.69, 9.17) is 4.99 Å². The lowest BCUT2D eigenvalue weighted by Crippen LogP contribution is -2.48. The van der Waals surface area contributed by atoms with Crippen molar-refractivity contribution in [1.29, 1.82) is 0 Å². The average molecular weight is 400 g/mol. The fourth-order valence-electron chi connectivity index (χ4n) is 3.98.